The SMILES string of the molecule is C=C(C)CC(C)(COc1ccc2c(c1)OCc1cnc(NC(C)=O)cc1-2)NC(=O)O. The van der Waals surface area contributed by atoms with E-state index < -0.39 is 11.6 Å². The highest BCUT2D eigenvalue weighted by Crippen LogP contribution is 2.40. The van der Waals surface area contributed by atoms with Crippen LogP contribution in [0.5, 0.6) is 11.5 Å². The van der Waals surface area contributed by atoms with Gasteiger partial charge in [0.05, 0.1) is 5.54 Å². The zero-order chi connectivity index (χ0) is 21.9. The number of amides is 2. The van der Waals surface area contributed by atoms with Crippen LogP contribution in [0.25, 0.3) is 11.1 Å². The molecular weight excluding hydrogens is 386 g/mol. The molecular formula is C22H25N3O5. The summed E-state index contributed by atoms with van der Waals surface area (Å²) >= 11 is 0. The molecule has 1 aliphatic heterocycles. The zero-order valence-electron chi connectivity index (χ0n) is 17.2. The van der Waals surface area contributed by atoms with Crippen LogP contribution in [0.4, 0.5) is 10.6 Å². The number of hydrogen-bond acceptors (Lipinski definition) is 5. The molecule has 3 N–H and O–H groups in total. The minimum absolute atomic E-state index is 0.137. The van der Waals surface area contributed by atoms with E-state index in [0.29, 0.717) is 30.3 Å². The number of hydrogen-bond donors (Lipinski definition) is 3. The summed E-state index contributed by atoms with van der Waals surface area (Å²) in [7, 11) is 0. The van der Waals surface area contributed by atoms with Crippen molar-refractivity contribution in [2.45, 2.75) is 39.3 Å². The molecule has 1 aromatic heterocycles. The summed E-state index contributed by atoms with van der Waals surface area (Å²) in [5, 5.41) is 14.3. The van der Waals surface area contributed by atoms with Crippen LogP contribution in [-0.2, 0) is 11.4 Å². The van der Waals surface area contributed by atoms with Gasteiger partial charge in [-0.25, -0.2) is 9.78 Å². The van der Waals surface area contributed by atoms with E-state index in [1.54, 1.807) is 25.3 Å². The predicted molar refractivity (Wildman–Crippen MR) is 113 cm³/mol. The molecule has 1 aromatic carbocycles. The molecule has 1 atom stereocenters. The van der Waals surface area contributed by atoms with Gasteiger partial charge < -0.3 is 25.2 Å². The van der Waals surface area contributed by atoms with E-state index in [2.05, 4.69) is 22.2 Å². The van der Waals surface area contributed by atoms with Crippen LogP contribution in [0.1, 0.15) is 32.8 Å². The van der Waals surface area contributed by atoms with Gasteiger partial charge in [0.1, 0.15) is 30.5 Å². The van der Waals surface area contributed by atoms with E-state index >= 15 is 0 Å². The second kappa shape index (κ2) is 8.44. The Bertz CT molecular complexity index is 986. The summed E-state index contributed by atoms with van der Waals surface area (Å²) in [5.74, 6) is 1.50. The topological polar surface area (TPSA) is 110 Å². The van der Waals surface area contributed by atoms with Crippen molar-refractivity contribution in [1.29, 1.82) is 0 Å². The zero-order valence-corrected chi connectivity index (χ0v) is 17.2. The highest BCUT2D eigenvalue weighted by molar-refractivity contribution is 5.89. The number of rotatable bonds is 7. The van der Waals surface area contributed by atoms with E-state index in [-0.39, 0.29) is 12.5 Å². The molecule has 1 aliphatic rings. The van der Waals surface area contributed by atoms with Crippen molar-refractivity contribution < 1.29 is 24.2 Å². The van der Waals surface area contributed by atoms with Crippen molar-refractivity contribution in [2.24, 2.45) is 0 Å². The smallest absolute Gasteiger partial charge is 0.405 e. The molecule has 0 saturated heterocycles. The van der Waals surface area contributed by atoms with Gasteiger partial charge >= 0.3 is 6.09 Å². The number of anilines is 1. The molecule has 1 unspecified atom stereocenters. The quantitative estimate of drug-likeness (QED) is 0.595. The van der Waals surface area contributed by atoms with Gasteiger partial charge in [-0.15, -0.1) is 6.58 Å². The average molecular weight is 411 g/mol. The number of nitrogens with one attached hydrogen (secondary N) is 2. The molecule has 8 heteroatoms. The Hall–Kier alpha value is -3.55. The molecule has 0 radical (unpaired) electrons. The third-order valence-electron chi connectivity index (χ3n) is 4.58. The molecule has 8 nitrogen and oxygen atoms in total. The van der Waals surface area contributed by atoms with E-state index in [1.807, 2.05) is 19.1 Å². The molecule has 0 aliphatic carbocycles. The van der Waals surface area contributed by atoms with E-state index in [0.717, 1.165) is 22.3 Å². The molecule has 30 heavy (non-hydrogen) atoms. The van der Waals surface area contributed by atoms with Crippen molar-refractivity contribution in [2.75, 3.05) is 11.9 Å². The van der Waals surface area contributed by atoms with Crippen molar-refractivity contribution in [3.63, 3.8) is 0 Å². The Balaban J connectivity index is 1.81. The number of carbonyl (C=O) groups is 2. The summed E-state index contributed by atoms with van der Waals surface area (Å²) in [6, 6.07) is 7.27. The van der Waals surface area contributed by atoms with Crippen LogP contribution >= 0.6 is 0 Å². The first kappa shape index (κ1) is 21.2. The van der Waals surface area contributed by atoms with Crippen LogP contribution in [-0.4, -0.2) is 34.2 Å². The molecule has 0 saturated carbocycles. The van der Waals surface area contributed by atoms with Gasteiger partial charge in [-0.2, -0.15) is 0 Å². The van der Waals surface area contributed by atoms with Gasteiger partial charge in [-0.05, 0) is 44.0 Å². The standard InChI is InChI=1S/C22H25N3O5/c1-13(2)9-22(4,25-21(27)28)12-30-16-5-6-17-18-8-20(24-14(3)26)23-10-15(18)11-29-19(17)7-16/h5-8,10,25H,1,9,11-12H2,2-4H3,(H,27,28)(H,23,24,26). The lowest BCUT2D eigenvalue weighted by atomic mass is 9.95. The van der Waals surface area contributed by atoms with Gasteiger partial charge in [-0.3, -0.25) is 4.79 Å². The van der Waals surface area contributed by atoms with Crippen LogP contribution < -0.4 is 20.1 Å². The van der Waals surface area contributed by atoms with Gasteiger partial charge in [0.15, 0.2) is 0 Å². The summed E-state index contributed by atoms with van der Waals surface area (Å²) in [6.07, 6.45) is 1.03. The number of carboxylic acid groups (broad SMARTS) is 1. The van der Waals surface area contributed by atoms with E-state index in [1.165, 1.54) is 6.92 Å². The predicted octanol–water partition coefficient (Wildman–Crippen LogP) is 3.97. The Labute approximate surface area is 174 Å². The third-order valence-corrected chi connectivity index (χ3v) is 4.58. The number of pyridine rings is 1. The number of nitrogens with zero attached hydrogens (tertiary/aromatic N) is 1. The first-order valence-electron chi connectivity index (χ1n) is 9.47. The molecule has 2 aromatic rings. The first-order valence-corrected chi connectivity index (χ1v) is 9.47. The largest absolute Gasteiger partial charge is 0.491 e. The highest BCUT2D eigenvalue weighted by Gasteiger charge is 2.28. The fraction of sp³-hybridized carbons (Fsp3) is 0.318. The maximum Gasteiger partial charge on any atom is 0.405 e. The molecule has 0 spiro atoms. The molecule has 158 valence electrons. The van der Waals surface area contributed by atoms with Crippen molar-refractivity contribution in [1.82, 2.24) is 10.3 Å². The van der Waals surface area contributed by atoms with Gasteiger partial charge in [-0.1, -0.05) is 5.57 Å². The second-order valence-corrected chi connectivity index (χ2v) is 7.77. The molecule has 0 bridgehead atoms. The Kier molecular flexibility index (Phi) is 5.96. The Morgan fingerprint density at radius 2 is 2.07 bits per heavy atom. The van der Waals surface area contributed by atoms with E-state index in [9.17, 15) is 9.59 Å². The number of carbonyl (C=O) groups excluding carboxylic acids is 1. The minimum Gasteiger partial charge on any atom is -0.491 e. The summed E-state index contributed by atoms with van der Waals surface area (Å²) in [5.41, 5.74) is 2.76. The average Bonchev–Trinajstić information content (AvgIpc) is 2.64. The fourth-order valence-electron chi connectivity index (χ4n) is 3.49. The number of ether oxygens (including phenoxy) is 2. The van der Waals surface area contributed by atoms with E-state index in [4.69, 9.17) is 14.6 Å². The lowest BCUT2D eigenvalue weighted by Crippen LogP contribution is -2.50. The number of aromatic nitrogens is 1. The molecule has 3 rings (SSSR count). The monoisotopic (exact) mass is 411 g/mol. The van der Waals surface area contributed by atoms with Gasteiger partial charge in [0.25, 0.3) is 0 Å². The Morgan fingerprint density at radius 1 is 1.30 bits per heavy atom. The lowest BCUT2D eigenvalue weighted by Gasteiger charge is -2.30. The molecule has 2 heterocycles. The van der Waals surface area contributed by atoms with Gasteiger partial charge in [0, 0.05) is 30.3 Å². The van der Waals surface area contributed by atoms with Crippen molar-refractivity contribution in [3.05, 3.63) is 48.2 Å². The number of benzene rings is 1. The second-order valence-electron chi connectivity index (χ2n) is 7.77. The first-order chi connectivity index (χ1) is 14.1. The van der Waals surface area contributed by atoms with Crippen LogP contribution in [0.3, 0.4) is 0 Å². The maximum atomic E-state index is 11.3. The van der Waals surface area contributed by atoms with Crippen molar-refractivity contribution >= 4 is 17.8 Å². The van der Waals surface area contributed by atoms with Crippen molar-refractivity contribution in [3.8, 4) is 22.6 Å². The fourth-order valence-corrected chi connectivity index (χ4v) is 3.49. The molecule has 2 amide bonds. The lowest BCUT2D eigenvalue weighted by molar-refractivity contribution is -0.114. The highest BCUT2D eigenvalue weighted by atomic mass is 16.5. The van der Waals surface area contributed by atoms with Gasteiger partial charge in [0.2, 0.25) is 5.91 Å². The van der Waals surface area contributed by atoms with Crippen LogP contribution in [0.15, 0.2) is 42.6 Å². The van der Waals surface area contributed by atoms with Crippen LogP contribution in [0.2, 0.25) is 0 Å². The summed E-state index contributed by atoms with van der Waals surface area (Å²) in [6.45, 7) is 9.41. The summed E-state index contributed by atoms with van der Waals surface area (Å²) in [4.78, 5) is 26.7. The minimum atomic E-state index is -1.11. The molecule has 0 fully saturated rings. The summed E-state index contributed by atoms with van der Waals surface area (Å²) < 4.78 is 11.7. The number of fused-ring (bicyclic) bond motifs is 3. The normalized spacial score (nSPS) is 13.7. The Morgan fingerprint density at radius 3 is 2.73 bits per heavy atom. The third kappa shape index (κ3) is 5.08. The van der Waals surface area contributed by atoms with Crippen LogP contribution in [0, 0.1) is 0 Å². The maximum absolute atomic E-state index is 11.3.